The second-order valence-electron chi connectivity index (χ2n) is 8.43. The fraction of sp³-hybridized carbons (Fsp3) is 0.308. The summed E-state index contributed by atoms with van der Waals surface area (Å²) in [7, 11) is 0. The van der Waals surface area contributed by atoms with Crippen LogP contribution in [0, 0.1) is 26.7 Å². The number of aryl methyl sites for hydroxylation is 3. The van der Waals surface area contributed by atoms with Gasteiger partial charge in [0.15, 0.2) is 5.16 Å². The summed E-state index contributed by atoms with van der Waals surface area (Å²) in [6.45, 7) is 7.06. The monoisotopic (exact) mass is 460 g/mol. The van der Waals surface area contributed by atoms with Crippen molar-refractivity contribution >= 4 is 29.3 Å². The topological polar surface area (TPSA) is 75.2 Å². The molecule has 0 atom stereocenters. The van der Waals surface area contributed by atoms with Crippen LogP contribution in [0.1, 0.15) is 40.2 Å². The Balaban J connectivity index is 1.30. The normalized spacial score (nSPS) is 14.2. The lowest BCUT2D eigenvalue weighted by molar-refractivity contribution is -0.121. The molecule has 0 spiro atoms. The van der Waals surface area contributed by atoms with E-state index in [1.807, 2.05) is 80.3 Å². The fourth-order valence-corrected chi connectivity index (χ4v) is 4.89. The Labute approximate surface area is 198 Å². The minimum Gasteiger partial charge on any atom is -0.339 e. The second-order valence-corrected chi connectivity index (χ2v) is 9.47. The van der Waals surface area contributed by atoms with E-state index in [1.54, 1.807) is 0 Å². The van der Waals surface area contributed by atoms with Gasteiger partial charge < -0.3 is 10.2 Å². The molecule has 2 amide bonds. The van der Waals surface area contributed by atoms with Crippen molar-refractivity contribution in [2.75, 3.05) is 18.4 Å². The third-order valence-corrected chi connectivity index (χ3v) is 6.69. The molecule has 33 heavy (non-hydrogen) atoms. The first-order chi connectivity index (χ1) is 15.9. The van der Waals surface area contributed by atoms with Gasteiger partial charge in [-0.15, -0.1) is 0 Å². The van der Waals surface area contributed by atoms with Crippen molar-refractivity contribution in [3.05, 3.63) is 77.1 Å². The zero-order chi connectivity index (χ0) is 23.4. The van der Waals surface area contributed by atoms with Crippen LogP contribution in [-0.4, -0.2) is 39.8 Å². The van der Waals surface area contributed by atoms with Crippen LogP contribution in [0.3, 0.4) is 0 Å². The average Bonchev–Trinajstić information content (AvgIpc) is 2.80. The van der Waals surface area contributed by atoms with Crippen LogP contribution in [0.5, 0.6) is 0 Å². The van der Waals surface area contributed by atoms with Crippen LogP contribution in [-0.2, 0) is 4.79 Å². The molecule has 0 aliphatic carbocycles. The van der Waals surface area contributed by atoms with E-state index in [2.05, 4.69) is 15.3 Å². The maximum Gasteiger partial charge on any atom is 0.254 e. The zero-order valence-electron chi connectivity index (χ0n) is 19.2. The van der Waals surface area contributed by atoms with Crippen molar-refractivity contribution < 1.29 is 9.59 Å². The number of aromatic nitrogens is 2. The molecule has 1 aliphatic heterocycles. The van der Waals surface area contributed by atoms with E-state index in [9.17, 15) is 9.59 Å². The van der Waals surface area contributed by atoms with E-state index >= 15 is 0 Å². The summed E-state index contributed by atoms with van der Waals surface area (Å²) in [6.07, 6.45) is 1.34. The predicted octanol–water partition coefficient (Wildman–Crippen LogP) is 5.04. The van der Waals surface area contributed by atoms with Gasteiger partial charge in [-0.05, 0) is 87.3 Å². The molecule has 2 aromatic carbocycles. The van der Waals surface area contributed by atoms with E-state index in [-0.39, 0.29) is 17.7 Å². The molecule has 0 radical (unpaired) electrons. The molecule has 2 heterocycles. The van der Waals surface area contributed by atoms with Crippen molar-refractivity contribution in [2.45, 2.75) is 43.7 Å². The van der Waals surface area contributed by atoms with Gasteiger partial charge in [0.05, 0.1) is 0 Å². The Morgan fingerprint density at radius 3 is 2.21 bits per heavy atom. The Morgan fingerprint density at radius 2 is 1.58 bits per heavy atom. The molecule has 3 aromatic rings. The summed E-state index contributed by atoms with van der Waals surface area (Å²) < 4.78 is 0. The number of anilines is 1. The maximum atomic E-state index is 12.8. The standard InChI is InChI=1S/C26H28N4O2S/c1-17-6-4-5-7-23(17)25(32)30-14-12-20(13-15-30)24(31)29-21-8-10-22(11-9-21)33-26-27-18(2)16-19(3)28-26/h4-11,16,20H,12-15H2,1-3H3,(H,29,31). The highest BCUT2D eigenvalue weighted by atomic mass is 32.2. The molecule has 1 N–H and O–H groups in total. The number of nitrogens with one attached hydrogen (secondary N) is 1. The molecule has 1 aliphatic rings. The lowest BCUT2D eigenvalue weighted by Crippen LogP contribution is -2.41. The number of hydrogen-bond acceptors (Lipinski definition) is 5. The van der Waals surface area contributed by atoms with Crippen molar-refractivity contribution in [1.29, 1.82) is 0 Å². The molecule has 0 bridgehead atoms. The molecule has 170 valence electrons. The van der Waals surface area contributed by atoms with E-state index in [1.165, 1.54) is 11.8 Å². The van der Waals surface area contributed by atoms with Gasteiger partial charge in [-0.2, -0.15) is 0 Å². The number of carbonyl (C=O) groups is 2. The van der Waals surface area contributed by atoms with Crippen LogP contribution in [0.4, 0.5) is 5.69 Å². The quantitative estimate of drug-likeness (QED) is 0.540. The van der Waals surface area contributed by atoms with Gasteiger partial charge >= 0.3 is 0 Å². The third-order valence-electron chi connectivity index (χ3n) is 5.82. The van der Waals surface area contributed by atoms with Crippen LogP contribution in [0.2, 0.25) is 0 Å². The first kappa shape index (κ1) is 23.0. The number of rotatable bonds is 5. The molecular weight excluding hydrogens is 432 g/mol. The largest absolute Gasteiger partial charge is 0.339 e. The molecule has 1 aromatic heterocycles. The number of amides is 2. The molecule has 6 nitrogen and oxygen atoms in total. The van der Waals surface area contributed by atoms with Gasteiger partial charge in [-0.1, -0.05) is 18.2 Å². The highest BCUT2D eigenvalue weighted by Gasteiger charge is 2.28. The summed E-state index contributed by atoms with van der Waals surface area (Å²) in [5.74, 6) is -0.0347. The van der Waals surface area contributed by atoms with Crippen LogP contribution < -0.4 is 5.32 Å². The van der Waals surface area contributed by atoms with Crippen molar-refractivity contribution in [1.82, 2.24) is 14.9 Å². The van der Waals surface area contributed by atoms with Crippen molar-refractivity contribution in [2.24, 2.45) is 5.92 Å². The Hall–Kier alpha value is -3.19. The summed E-state index contributed by atoms with van der Waals surface area (Å²) in [5.41, 5.74) is 4.38. The highest BCUT2D eigenvalue weighted by molar-refractivity contribution is 7.99. The SMILES string of the molecule is Cc1cc(C)nc(Sc2ccc(NC(=O)C3CCN(C(=O)c4ccccc4C)CC3)cc2)n1. The predicted molar refractivity (Wildman–Crippen MR) is 131 cm³/mol. The molecule has 7 heteroatoms. The van der Waals surface area contributed by atoms with E-state index in [4.69, 9.17) is 0 Å². The molecule has 0 saturated carbocycles. The van der Waals surface area contributed by atoms with Crippen LogP contribution in [0.15, 0.2) is 64.6 Å². The van der Waals surface area contributed by atoms with Gasteiger partial charge in [0.25, 0.3) is 5.91 Å². The van der Waals surface area contributed by atoms with Gasteiger partial charge in [-0.3, -0.25) is 9.59 Å². The Bertz CT molecular complexity index is 1130. The Morgan fingerprint density at radius 1 is 0.939 bits per heavy atom. The number of likely N-dealkylation sites (tertiary alicyclic amines) is 1. The molecule has 1 fully saturated rings. The third kappa shape index (κ3) is 5.79. The number of hydrogen-bond donors (Lipinski definition) is 1. The van der Waals surface area contributed by atoms with Gasteiger partial charge in [0.1, 0.15) is 0 Å². The van der Waals surface area contributed by atoms with E-state index in [0.717, 1.165) is 38.3 Å². The molecule has 4 rings (SSSR count). The molecule has 1 saturated heterocycles. The number of carbonyl (C=O) groups excluding carboxylic acids is 2. The van der Waals surface area contributed by atoms with Crippen molar-refractivity contribution in [3.63, 3.8) is 0 Å². The maximum absolute atomic E-state index is 12.8. The van der Waals surface area contributed by atoms with Gasteiger partial charge in [-0.25, -0.2) is 9.97 Å². The lowest BCUT2D eigenvalue weighted by Gasteiger charge is -2.31. The molecular formula is C26H28N4O2S. The van der Waals surface area contributed by atoms with Crippen molar-refractivity contribution in [3.8, 4) is 0 Å². The Kier molecular flexibility index (Phi) is 7.08. The first-order valence-corrected chi connectivity index (χ1v) is 12.0. The summed E-state index contributed by atoms with van der Waals surface area (Å²) in [6, 6.07) is 17.3. The molecule has 0 unspecified atom stereocenters. The lowest BCUT2D eigenvalue weighted by atomic mass is 9.95. The smallest absolute Gasteiger partial charge is 0.254 e. The fourth-order valence-electron chi connectivity index (χ4n) is 4.02. The number of piperidine rings is 1. The van der Waals surface area contributed by atoms with Gasteiger partial charge in [0, 0.05) is 46.5 Å². The second kappa shape index (κ2) is 10.2. The van der Waals surface area contributed by atoms with E-state index in [0.29, 0.717) is 25.9 Å². The minimum atomic E-state index is -0.0939. The first-order valence-electron chi connectivity index (χ1n) is 11.1. The zero-order valence-corrected chi connectivity index (χ0v) is 20.0. The van der Waals surface area contributed by atoms with Crippen LogP contribution >= 0.6 is 11.8 Å². The average molecular weight is 461 g/mol. The van der Waals surface area contributed by atoms with Gasteiger partial charge in [0.2, 0.25) is 5.91 Å². The highest BCUT2D eigenvalue weighted by Crippen LogP contribution is 2.27. The van der Waals surface area contributed by atoms with E-state index < -0.39 is 0 Å². The van der Waals surface area contributed by atoms with Crippen LogP contribution in [0.25, 0.3) is 0 Å². The minimum absolute atomic E-state index is 0.0102. The number of benzene rings is 2. The summed E-state index contributed by atoms with van der Waals surface area (Å²) in [5, 5.41) is 3.74. The summed E-state index contributed by atoms with van der Waals surface area (Å²) >= 11 is 1.50. The summed E-state index contributed by atoms with van der Waals surface area (Å²) in [4.78, 5) is 37.4. The number of nitrogens with zero attached hydrogens (tertiary/aromatic N) is 3.